The highest BCUT2D eigenvalue weighted by molar-refractivity contribution is 5.88. The third-order valence-electron chi connectivity index (χ3n) is 2.72. The van der Waals surface area contributed by atoms with Gasteiger partial charge in [-0.15, -0.1) is 0 Å². The van der Waals surface area contributed by atoms with E-state index in [9.17, 15) is 14.7 Å². The van der Waals surface area contributed by atoms with Crippen LogP contribution in [0.25, 0.3) is 11.0 Å². The van der Waals surface area contributed by atoms with Gasteiger partial charge in [0.2, 0.25) is 0 Å². The van der Waals surface area contributed by atoms with E-state index >= 15 is 0 Å². The Bertz CT molecular complexity index is 685. The zero-order chi connectivity index (χ0) is 14.0. The van der Waals surface area contributed by atoms with Crippen molar-refractivity contribution in [3.63, 3.8) is 0 Å². The van der Waals surface area contributed by atoms with Crippen molar-refractivity contribution >= 4 is 16.9 Å². The summed E-state index contributed by atoms with van der Waals surface area (Å²) in [4.78, 5) is 22.0. The van der Waals surface area contributed by atoms with Gasteiger partial charge in [-0.3, -0.25) is 4.79 Å². The van der Waals surface area contributed by atoms with Crippen LogP contribution in [-0.4, -0.2) is 23.3 Å². The third kappa shape index (κ3) is 2.67. The van der Waals surface area contributed by atoms with Crippen molar-refractivity contribution in [3.05, 3.63) is 34.2 Å². The summed E-state index contributed by atoms with van der Waals surface area (Å²) in [7, 11) is 1.42. The highest BCUT2D eigenvalue weighted by Crippen LogP contribution is 2.32. The van der Waals surface area contributed by atoms with Crippen molar-refractivity contribution in [1.29, 1.82) is 0 Å². The number of hydrogen-bond donors (Lipinski definition) is 2. The molecule has 0 aliphatic heterocycles. The molecule has 1 heterocycles. The van der Waals surface area contributed by atoms with Crippen LogP contribution >= 0.6 is 0 Å². The second-order valence-corrected chi connectivity index (χ2v) is 4.00. The van der Waals surface area contributed by atoms with Crippen LogP contribution in [0.5, 0.6) is 11.5 Å². The molecule has 2 aromatic rings. The fourth-order valence-corrected chi connectivity index (χ4v) is 1.89. The number of fused-ring (bicyclic) bond motifs is 1. The van der Waals surface area contributed by atoms with Gasteiger partial charge in [-0.2, -0.15) is 0 Å². The van der Waals surface area contributed by atoms with Crippen molar-refractivity contribution in [2.75, 3.05) is 7.11 Å². The Morgan fingerprint density at radius 3 is 2.74 bits per heavy atom. The van der Waals surface area contributed by atoms with Crippen molar-refractivity contribution in [3.8, 4) is 11.5 Å². The van der Waals surface area contributed by atoms with Gasteiger partial charge in [0, 0.05) is 24.6 Å². The van der Waals surface area contributed by atoms with E-state index in [0.29, 0.717) is 16.7 Å². The second-order valence-electron chi connectivity index (χ2n) is 4.00. The quantitative estimate of drug-likeness (QED) is 0.813. The Balaban J connectivity index is 2.63. The maximum absolute atomic E-state index is 11.4. The van der Waals surface area contributed by atoms with E-state index in [1.54, 1.807) is 0 Å². The summed E-state index contributed by atoms with van der Waals surface area (Å²) >= 11 is 0. The minimum Gasteiger partial charge on any atom is -0.507 e. The number of methoxy groups -OCH3 is 1. The number of rotatable bonds is 4. The topological polar surface area (TPSA) is 97.0 Å². The Kier molecular flexibility index (Phi) is 3.41. The van der Waals surface area contributed by atoms with E-state index in [1.807, 2.05) is 0 Å². The van der Waals surface area contributed by atoms with Gasteiger partial charge in [-0.1, -0.05) is 0 Å². The molecule has 0 saturated carbocycles. The van der Waals surface area contributed by atoms with Gasteiger partial charge in [0.1, 0.15) is 17.1 Å². The molecule has 0 atom stereocenters. The Hall–Kier alpha value is -2.50. The zero-order valence-electron chi connectivity index (χ0n) is 10.2. The molecular weight excluding hydrogens is 252 g/mol. The second kappa shape index (κ2) is 5.01. The lowest BCUT2D eigenvalue weighted by atomic mass is 10.0. The third-order valence-corrected chi connectivity index (χ3v) is 2.72. The lowest BCUT2D eigenvalue weighted by Gasteiger charge is -2.08. The minimum atomic E-state index is -0.977. The van der Waals surface area contributed by atoms with Crippen LogP contribution in [0.15, 0.2) is 27.4 Å². The molecule has 0 radical (unpaired) electrons. The summed E-state index contributed by atoms with van der Waals surface area (Å²) in [6.07, 6.45) is 0.00133. The lowest BCUT2D eigenvalue weighted by molar-refractivity contribution is -0.136. The highest BCUT2D eigenvalue weighted by Gasteiger charge is 2.13. The molecule has 1 aromatic carbocycles. The molecule has 100 valence electrons. The van der Waals surface area contributed by atoms with E-state index in [4.69, 9.17) is 14.3 Å². The number of carboxylic acids is 1. The molecule has 1 aromatic heterocycles. The van der Waals surface area contributed by atoms with E-state index in [1.165, 1.54) is 25.3 Å². The van der Waals surface area contributed by atoms with Gasteiger partial charge >= 0.3 is 11.6 Å². The molecule has 0 aliphatic carbocycles. The predicted octanol–water partition coefficient (Wildman–Crippen LogP) is 1.52. The van der Waals surface area contributed by atoms with Crippen LogP contribution in [0, 0.1) is 0 Å². The first-order valence-electron chi connectivity index (χ1n) is 5.57. The number of aromatic hydroxyl groups is 1. The van der Waals surface area contributed by atoms with E-state index < -0.39 is 11.6 Å². The van der Waals surface area contributed by atoms with Crippen LogP contribution in [0.3, 0.4) is 0 Å². The van der Waals surface area contributed by atoms with Crippen LogP contribution in [0.4, 0.5) is 0 Å². The molecule has 0 bridgehead atoms. The van der Waals surface area contributed by atoms with Gasteiger partial charge in [0.05, 0.1) is 12.5 Å². The molecule has 0 amide bonds. The predicted molar refractivity (Wildman–Crippen MR) is 66.7 cm³/mol. The summed E-state index contributed by atoms with van der Waals surface area (Å²) in [6, 6.07) is 4.05. The van der Waals surface area contributed by atoms with E-state index in [0.717, 1.165) is 0 Å². The molecule has 2 N–H and O–H groups in total. The maximum Gasteiger partial charge on any atom is 0.336 e. The summed E-state index contributed by atoms with van der Waals surface area (Å²) < 4.78 is 9.95. The van der Waals surface area contributed by atoms with Gasteiger partial charge in [-0.25, -0.2) is 4.79 Å². The van der Waals surface area contributed by atoms with Gasteiger partial charge in [-0.05, 0) is 12.0 Å². The summed E-state index contributed by atoms with van der Waals surface area (Å²) in [5, 5.41) is 18.9. The van der Waals surface area contributed by atoms with Crippen LogP contribution in [0.1, 0.15) is 12.0 Å². The fraction of sp³-hybridized carbons (Fsp3) is 0.231. The average Bonchev–Trinajstić information content (AvgIpc) is 2.34. The zero-order valence-corrected chi connectivity index (χ0v) is 10.2. The van der Waals surface area contributed by atoms with Gasteiger partial charge < -0.3 is 19.4 Å². The number of carbonyl (C=O) groups is 1. The average molecular weight is 264 g/mol. The Morgan fingerprint density at radius 2 is 2.11 bits per heavy atom. The monoisotopic (exact) mass is 264 g/mol. The van der Waals surface area contributed by atoms with Crippen LogP contribution in [-0.2, 0) is 11.2 Å². The highest BCUT2D eigenvalue weighted by atomic mass is 16.5. The summed E-state index contributed by atoms with van der Waals surface area (Å²) in [5.41, 5.74) is 0.0130. The summed E-state index contributed by atoms with van der Waals surface area (Å²) in [6.45, 7) is 0. The van der Waals surface area contributed by atoms with Crippen molar-refractivity contribution in [2.45, 2.75) is 12.8 Å². The van der Waals surface area contributed by atoms with Crippen molar-refractivity contribution in [1.82, 2.24) is 0 Å². The van der Waals surface area contributed by atoms with Crippen molar-refractivity contribution in [2.24, 2.45) is 0 Å². The van der Waals surface area contributed by atoms with E-state index in [2.05, 4.69) is 0 Å². The number of phenolic OH excluding ortho intramolecular Hbond substituents is 1. The van der Waals surface area contributed by atoms with Crippen molar-refractivity contribution < 1.29 is 24.2 Å². The normalized spacial score (nSPS) is 10.6. The standard InChI is InChI=1S/C13H12O6/c1-18-8-5-9(14)13-7(2-3-11(15)16)4-12(17)19-10(13)6-8/h4-6,14H,2-3H2,1H3,(H,15,16). The molecule has 0 spiro atoms. The molecule has 0 aliphatic rings. The van der Waals surface area contributed by atoms with Crippen LogP contribution < -0.4 is 10.4 Å². The SMILES string of the molecule is COc1cc(O)c2c(CCC(=O)O)cc(=O)oc2c1. The maximum atomic E-state index is 11.4. The molecule has 6 nitrogen and oxygen atoms in total. The first-order valence-corrected chi connectivity index (χ1v) is 5.57. The Labute approximate surface area is 107 Å². The number of ether oxygens (including phenoxy) is 1. The largest absolute Gasteiger partial charge is 0.507 e. The first-order chi connectivity index (χ1) is 9.01. The molecule has 0 saturated heterocycles. The van der Waals surface area contributed by atoms with Gasteiger partial charge in [0.25, 0.3) is 0 Å². The number of carboxylic acid groups (broad SMARTS) is 1. The van der Waals surface area contributed by atoms with Crippen LogP contribution in [0.2, 0.25) is 0 Å². The van der Waals surface area contributed by atoms with Gasteiger partial charge in [0.15, 0.2) is 0 Å². The number of aryl methyl sites for hydroxylation is 1. The number of benzene rings is 1. The fourth-order valence-electron chi connectivity index (χ4n) is 1.89. The molecule has 0 fully saturated rings. The minimum absolute atomic E-state index is 0.113. The summed E-state index contributed by atoms with van der Waals surface area (Å²) in [5.74, 6) is -0.739. The molecular formula is C13H12O6. The molecule has 0 unspecified atom stereocenters. The molecule has 2 rings (SSSR count). The number of aliphatic carboxylic acids is 1. The number of phenols is 1. The van der Waals surface area contributed by atoms with E-state index in [-0.39, 0.29) is 24.2 Å². The smallest absolute Gasteiger partial charge is 0.336 e. The molecule has 6 heteroatoms. The molecule has 19 heavy (non-hydrogen) atoms. The number of hydrogen-bond acceptors (Lipinski definition) is 5. The Morgan fingerprint density at radius 1 is 1.37 bits per heavy atom. The first kappa shape index (κ1) is 12.9. The lowest BCUT2D eigenvalue weighted by Crippen LogP contribution is -2.04.